The van der Waals surface area contributed by atoms with Gasteiger partial charge in [-0.15, -0.1) is 0 Å². The summed E-state index contributed by atoms with van der Waals surface area (Å²) in [5, 5.41) is 4.49. The maximum atomic E-state index is 12.9. The highest BCUT2D eigenvalue weighted by molar-refractivity contribution is 5.98. The Balaban J connectivity index is 1.34. The molecule has 0 aliphatic carbocycles. The van der Waals surface area contributed by atoms with Gasteiger partial charge in [-0.1, -0.05) is 18.2 Å². The molecule has 1 amide bonds. The van der Waals surface area contributed by atoms with Gasteiger partial charge in [-0.3, -0.25) is 10.1 Å². The Morgan fingerprint density at radius 3 is 2.70 bits per heavy atom. The largest absolute Gasteiger partial charge is 0.358 e. The summed E-state index contributed by atoms with van der Waals surface area (Å²) in [6.07, 6.45) is 2.32. The maximum Gasteiger partial charge on any atom is 0.270 e. The highest BCUT2D eigenvalue weighted by atomic mass is 16.5. The summed E-state index contributed by atoms with van der Waals surface area (Å²) < 4.78 is 6.29. The molecule has 2 saturated heterocycles. The summed E-state index contributed by atoms with van der Waals surface area (Å²) >= 11 is 0. The van der Waals surface area contributed by atoms with Crippen LogP contribution in [0.25, 0.3) is 10.9 Å². The molecule has 1 atom stereocenters. The molecular formula is C21H30N4O2. The number of nitrogens with zero attached hydrogens (tertiary/aromatic N) is 2. The van der Waals surface area contributed by atoms with Gasteiger partial charge in [-0.25, -0.2) is 0 Å². The predicted molar refractivity (Wildman–Crippen MR) is 107 cm³/mol. The Bertz CT molecular complexity index is 746. The summed E-state index contributed by atoms with van der Waals surface area (Å²) in [5.74, 6) is 0.0518. The third-order valence-electron chi connectivity index (χ3n) is 5.75. The van der Waals surface area contributed by atoms with Gasteiger partial charge in [0, 0.05) is 43.1 Å². The number of H-pyrrole nitrogens is 1. The average Bonchev–Trinajstić information content (AvgIpc) is 3.12. The lowest BCUT2D eigenvalue weighted by Crippen LogP contribution is -2.55. The Kier molecular flexibility index (Phi) is 5.48. The highest BCUT2D eigenvalue weighted by Gasteiger charge is 2.29. The zero-order chi connectivity index (χ0) is 18.8. The van der Waals surface area contributed by atoms with Crippen LogP contribution < -0.4 is 5.32 Å². The topological polar surface area (TPSA) is 60.6 Å². The normalized spacial score (nSPS) is 22.6. The minimum atomic E-state index is -0.0809. The van der Waals surface area contributed by atoms with Gasteiger partial charge < -0.3 is 19.5 Å². The van der Waals surface area contributed by atoms with Crippen LogP contribution in [0.3, 0.4) is 0 Å². The van der Waals surface area contributed by atoms with Crippen molar-refractivity contribution in [3.8, 4) is 0 Å². The first-order valence-corrected chi connectivity index (χ1v) is 10.1. The third kappa shape index (κ3) is 4.18. The number of benzene rings is 1. The van der Waals surface area contributed by atoms with Gasteiger partial charge in [0.1, 0.15) is 11.9 Å². The zero-order valence-electron chi connectivity index (χ0n) is 16.3. The number of aromatic nitrogens is 1. The molecule has 2 N–H and O–H groups in total. The van der Waals surface area contributed by atoms with E-state index < -0.39 is 0 Å². The molecule has 27 heavy (non-hydrogen) atoms. The quantitative estimate of drug-likeness (QED) is 0.868. The number of fused-ring (bicyclic) bond motifs is 1. The molecular weight excluding hydrogens is 340 g/mol. The van der Waals surface area contributed by atoms with Crippen LogP contribution in [-0.2, 0) is 4.74 Å². The Hall–Kier alpha value is -1.89. The molecule has 0 spiro atoms. The van der Waals surface area contributed by atoms with E-state index in [-0.39, 0.29) is 18.2 Å². The fourth-order valence-corrected chi connectivity index (χ4v) is 4.11. The molecule has 1 aromatic carbocycles. The number of likely N-dealkylation sites (tertiary alicyclic amines) is 1. The van der Waals surface area contributed by atoms with E-state index in [1.807, 2.05) is 35.2 Å². The second-order valence-corrected chi connectivity index (χ2v) is 7.93. The van der Waals surface area contributed by atoms with E-state index in [1.54, 1.807) is 0 Å². The molecule has 2 aromatic rings. The first-order chi connectivity index (χ1) is 13.1. The molecule has 146 valence electrons. The van der Waals surface area contributed by atoms with Gasteiger partial charge in [-0.2, -0.15) is 0 Å². The zero-order valence-corrected chi connectivity index (χ0v) is 16.3. The predicted octanol–water partition coefficient (Wildman–Crippen LogP) is 2.43. The fourth-order valence-electron chi connectivity index (χ4n) is 4.11. The van der Waals surface area contributed by atoms with E-state index in [1.165, 1.54) is 0 Å². The van der Waals surface area contributed by atoms with Crippen LogP contribution in [0.2, 0.25) is 0 Å². The van der Waals surface area contributed by atoms with Gasteiger partial charge in [0.25, 0.3) is 5.91 Å². The van der Waals surface area contributed by atoms with Crippen LogP contribution in [0.1, 0.15) is 37.2 Å². The fraction of sp³-hybridized carbons (Fsp3) is 0.571. The minimum Gasteiger partial charge on any atom is -0.358 e. The minimum absolute atomic E-state index is 0.0518. The summed E-state index contributed by atoms with van der Waals surface area (Å²) in [6.45, 7) is 8.74. The van der Waals surface area contributed by atoms with E-state index in [2.05, 4.69) is 29.0 Å². The van der Waals surface area contributed by atoms with Gasteiger partial charge in [0.15, 0.2) is 0 Å². The molecule has 2 aliphatic heterocycles. The number of carbonyl (C=O) groups excluding carboxylic acids is 1. The summed E-state index contributed by atoms with van der Waals surface area (Å²) in [5.41, 5.74) is 1.66. The number of rotatable bonds is 4. The van der Waals surface area contributed by atoms with Crippen LogP contribution in [0.15, 0.2) is 30.3 Å². The molecule has 1 unspecified atom stereocenters. The molecule has 0 radical (unpaired) electrons. The van der Waals surface area contributed by atoms with Crippen molar-refractivity contribution in [2.45, 2.75) is 45.1 Å². The second-order valence-electron chi connectivity index (χ2n) is 7.93. The molecule has 6 nitrogen and oxygen atoms in total. The first-order valence-electron chi connectivity index (χ1n) is 10.1. The third-order valence-corrected chi connectivity index (χ3v) is 5.75. The molecule has 4 rings (SSSR count). The van der Waals surface area contributed by atoms with Crippen molar-refractivity contribution in [3.05, 3.63) is 36.0 Å². The molecule has 2 aliphatic rings. The van der Waals surface area contributed by atoms with Gasteiger partial charge in [-0.05, 0) is 38.8 Å². The van der Waals surface area contributed by atoms with E-state index in [0.29, 0.717) is 24.8 Å². The van der Waals surface area contributed by atoms with Crippen LogP contribution >= 0.6 is 0 Å². The lowest BCUT2D eigenvalue weighted by molar-refractivity contribution is -0.0775. The van der Waals surface area contributed by atoms with E-state index in [9.17, 15) is 4.79 Å². The Morgan fingerprint density at radius 1 is 1.19 bits per heavy atom. The lowest BCUT2D eigenvalue weighted by Gasteiger charge is -2.39. The SMILES string of the molecule is CC(C)N1CCC(OC2CN(C(=O)c3cc4ccccc4[nH]3)CCN2)CC1. The highest BCUT2D eigenvalue weighted by Crippen LogP contribution is 2.19. The molecule has 0 bridgehead atoms. The molecule has 0 saturated carbocycles. The average molecular weight is 370 g/mol. The monoisotopic (exact) mass is 370 g/mol. The van der Waals surface area contributed by atoms with Gasteiger partial charge in [0.2, 0.25) is 0 Å². The van der Waals surface area contributed by atoms with E-state index in [0.717, 1.165) is 43.4 Å². The van der Waals surface area contributed by atoms with Crippen molar-refractivity contribution in [1.29, 1.82) is 0 Å². The number of nitrogens with one attached hydrogen (secondary N) is 2. The van der Waals surface area contributed by atoms with Crippen molar-refractivity contribution in [2.24, 2.45) is 0 Å². The molecule has 1 aromatic heterocycles. The number of piperazine rings is 1. The summed E-state index contributed by atoms with van der Waals surface area (Å²) in [7, 11) is 0. The van der Waals surface area contributed by atoms with Crippen molar-refractivity contribution < 1.29 is 9.53 Å². The number of amides is 1. The summed E-state index contributed by atoms with van der Waals surface area (Å²) in [4.78, 5) is 20.6. The van der Waals surface area contributed by atoms with Crippen molar-refractivity contribution in [3.63, 3.8) is 0 Å². The number of carbonyl (C=O) groups is 1. The van der Waals surface area contributed by atoms with Crippen molar-refractivity contribution >= 4 is 16.8 Å². The second kappa shape index (κ2) is 8.00. The Labute approximate surface area is 160 Å². The van der Waals surface area contributed by atoms with E-state index in [4.69, 9.17) is 4.74 Å². The first kappa shape index (κ1) is 18.5. The molecule has 6 heteroatoms. The standard InChI is InChI=1S/C21H30N4O2/c1-15(2)24-10-7-17(8-11-24)27-20-14-25(12-9-22-20)21(26)19-13-16-5-3-4-6-18(16)23-19/h3-6,13,15,17,20,22-23H,7-12,14H2,1-2H3. The number of ether oxygens (including phenoxy) is 1. The lowest BCUT2D eigenvalue weighted by atomic mass is 10.1. The van der Waals surface area contributed by atoms with Crippen molar-refractivity contribution in [2.75, 3.05) is 32.7 Å². The maximum absolute atomic E-state index is 12.9. The van der Waals surface area contributed by atoms with Crippen molar-refractivity contribution in [1.82, 2.24) is 20.1 Å². The van der Waals surface area contributed by atoms with E-state index >= 15 is 0 Å². The van der Waals surface area contributed by atoms with Crippen LogP contribution in [0.4, 0.5) is 0 Å². The van der Waals surface area contributed by atoms with Crippen LogP contribution in [0, 0.1) is 0 Å². The number of para-hydroxylation sites is 1. The molecule has 2 fully saturated rings. The van der Waals surface area contributed by atoms with Crippen LogP contribution in [0.5, 0.6) is 0 Å². The number of aromatic amines is 1. The number of hydrogen-bond donors (Lipinski definition) is 2. The molecule has 3 heterocycles. The number of piperidine rings is 1. The number of hydrogen-bond acceptors (Lipinski definition) is 4. The summed E-state index contributed by atoms with van der Waals surface area (Å²) in [6, 6.07) is 10.5. The van der Waals surface area contributed by atoms with Gasteiger partial charge >= 0.3 is 0 Å². The Morgan fingerprint density at radius 2 is 1.96 bits per heavy atom. The van der Waals surface area contributed by atoms with Crippen LogP contribution in [-0.4, -0.2) is 71.8 Å². The van der Waals surface area contributed by atoms with Gasteiger partial charge in [0.05, 0.1) is 12.6 Å². The smallest absolute Gasteiger partial charge is 0.270 e.